The third-order valence-corrected chi connectivity index (χ3v) is 3.06. The van der Waals surface area contributed by atoms with E-state index in [2.05, 4.69) is 22.6 Å². The smallest absolute Gasteiger partial charge is 0.122 e. The topological polar surface area (TPSA) is 34.1 Å². The summed E-state index contributed by atoms with van der Waals surface area (Å²) >= 11 is 1.66. The number of hydrogen-bond acceptors (Lipinski definition) is 4. The number of aromatic nitrogens is 1. The maximum Gasteiger partial charge on any atom is 0.122 e. The molecule has 0 aliphatic rings. The molecule has 14 heavy (non-hydrogen) atoms. The minimum Gasteiger partial charge on any atom is -0.375 e. The number of nitrogens with one attached hydrogen (secondary N) is 1. The Balaban J connectivity index is 2.42. The molecule has 1 aromatic heterocycles. The lowest BCUT2D eigenvalue weighted by atomic mass is 10.4. The minimum absolute atomic E-state index is 0.111. The summed E-state index contributed by atoms with van der Waals surface area (Å²) in [6.45, 7) is 6.09. The number of hydrogen-bond donors (Lipinski definition) is 1. The standard InChI is InChI=1S/C10H18N2OS/c1-4-5-11-6-9-7-14-10(12-9)8(2)13-3/h7-8,11H,4-6H2,1-3H3. The summed E-state index contributed by atoms with van der Waals surface area (Å²) < 4.78 is 5.20. The first-order chi connectivity index (χ1) is 6.77. The third kappa shape index (κ3) is 3.36. The van der Waals surface area contributed by atoms with Gasteiger partial charge in [-0.2, -0.15) is 0 Å². The predicted molar refractivity (Wildman–Crippen MR) is 59.5 cm³/mol. The fraction of sp³-hybridized carbons (Fsp3) is 0.700. The molecular formula is C10H18N2OS. The molecule has 1 aromatic rings. The SMILES string of the molecule is CCCNCc1csc(C(C)OC)n1. The van der Waals surface area contributed by atoms with Gasteiger partial charge in [-0.3, -0.25) is 0 Å². The van der Waals surface area contributed by atoms with Crippen molar-refractivity contribution in [3.05, 3.63) is 16.1 Å². The van der Waals surface area contributed by atoms with Gasteiger partial charge >= 0.3 is 0 Å². The normalized spacial score (nSPS) is 13.1. The van der Waals surface area contributed by atoms with Crippen molar-refractivity contribution < 1.29 is 4.74 Å². The molecule has 1 unspecified atom stereocenters. The van der Waals surface area contributed by atoms with E-state index >= 15 is 0 Å². The van der Waals surface area contributed by atoms with Gasteiger partial charge in [0.2, 0.25) is 0 Å². The molecule has 0 saturated carbocycles. The maximum absolute atomic E-state index is 5.20. The Morgan fingerprint density at radius 2 is 2.43 bits per heavy atom. The number of methoxy groups -OCH3 is 1. The summed E-state index contributed by atoms with van der Waals surface area (Å²) in [5.74, 6) is 0. The van der Waals surface area contributed by atoms with Gasteiger partial charge in [-0.05, 0) is 19.9 Å². The lowest BCUT2D eigenvalue weighted by Gasteiger charge is -2.03. The molecule has 1 N–H and O–H groups in total. The molecule has 0 fully saturated rings. The molecule has 0 aliphatic heterocycles. The van der Waals surface area contributed by atoms with Crippen LogP contribution < -0.4 is 5.32 Å². The molecule has 1 rings (SSSR count). The van der Waals surface area contributed by atoms with E-state index in [9.17, 15) is 0 Å². The van der Waals surface area contributed by atoms with E-state index < -0.39 is 0 Å². The molecule has 1 heterocycles. The highest BCUT2D eigenvalue weighted by atomic mass is 32.1. The van der Waals surface area contributed by atoms with E-state index in [4.69, 9.17) is 4.74 Å². The zero-order valence-electron chi connectivity index (χ0n) is 9.04. The van der Waals surface area contributed by atoms with Gasteiger partial charge in [0.05, 0.1) is 5.69 Å². The second-order valence-corrected chi connectivity index (χ2v) is 4.12. The zero-order chi connectivity index (χ0) is 10.4. The van der Waals surface area contributed by atoms with Gasteiger partial charge in [0.15, 0.2) is 0 Å². The third-order valence-electron chi connectivity index (χ3n) is 2.00. The first kappa shape index (κ1) is 11.6. The van der Waals surface area contributed by atoms with E-state index in [1.54, 1.807) is 18.4 Å². The Morgan fingerprint density at radius 3 is 3.07 bits per heavy atom. The molecule has 80 valence electrons. The van der Waals surface area contributed by atoms with Gasteiger partial charge in [-0.1, -0.05) is 6.92 Å². The molecule has 0 radical (unpaired) electrons. The Labute approximate surface area is 89.5 Å². The lowest BCUT2D eigenvalue weighted by molar-refractivity contribution is 0.119. The van der Waals surface area contributed by atoms with E-state index in [1.165, 1.54) is 0 Å². The minimum atomic E-state index is 0.111. The first-order valence-electron chi connectivity index (χ1n) is 4.95. The Bertz CT molecular complexity index is 262. The van der Waals surface area contributed by atoms with Crippen LogP contribution in [0.5, 0.6) is 0 Å². The summed E-state index contributed by atoms with van der Waals surface area (Å²) in [5, 5.41) is 6.47. The highest BCUT2D eigenvalue weighted by molar-refractivity contribution is 7.09. The van der Waals surface area contributed by atoms with Crippen molar-refractivity contribution in [1.29, 1.82) is 0 Å². The molecule has 0 aromatic carbocycles. The highest BCUT2D eigenvalue weighted by Crippen LogP contribution is 2.19. The second-order valence-electron chi connectivity index (χ2n) is 3.23. The summed E-state index contributed by atoms with van der Waals surface area (Å²) in [4.78, 5) is 4.48. The van der Waals surface area contributed by atoms with Crippen molar-refractivity contribution in [3.63, 3.8) is 0 Å². The van der Waals surface area contributed by atoms with Crippen LogP contribution in [0.3, 0.4) is 0 Å². The summed E-state index contributed by atoms with van der Waals surface area (Å²) in [6, 6.07) is 0. The molecule has 4 heteroatoms. The summed E-state index contributed by atoms with van der Waals surface area (Å²) in [6.07, 6.45) is 1.27. The fourth-order valence-corrected chi connectivity index (χ4v) is 1.94. The van der Waals surface area contributed by atoms with Crippen LogP contribution in [0, 0.1) is 0 Å². The number of thiazole rings is 1. The van der Waals surface area contributed by atoms with Gasteiger partial charge < -0.3 is 10.1 Å². The summed E-state index contributed by atoms with van der Waals surface area (Å²) in [5.41, 5.74) is 1.11. The first-order valence-corrected chi connectivity index (χ1v) is 5.83. The van der Waals surface area contributed by atoms with Crippen LogP contribution in [0.25, 0.3) is 0 Å². The van der Waals surface area contributed by atoms with E-state index in [0.29, 0.717) is 0 Å². The molecule has 1 atom stereocenters. The molecule has 3 nitrogen and oxygen atoms in total. The van der Waals surface area contributed by atoms with Gasteiger partial charge in [-0.15, -0.1) is 11.3 Å². The Kier molecular flexibility index (Phi) is 5.07. The van der Waals surface area contributed by atoms with Crippen LogP contribution in [-0.2, 0) is 11.3 Å². The quantitative estimate of drug-likeness (QED) is 0.738. The molecule has 0 saturated heterocycles. The van der Waals surface area contributed by atoms with E-state index in [1.807, 2.05) is 6.92 Å². The van der Waals surface area contributed by atoms with Crippen molar-refractivity contribution in [3.8, 4) is 0 Å². The molecular weight excluding hydrogens is 196 g/mol. The predicted octanol–water partition coefficient (Wildman–Crippen LogP) is 2.35. The van der Waals surface area contributed by atoms with Gasteiger partial charge in [0.25, 0.3) is 0 Å². The van der Waals surface area contributed by atoms with Crippen LogP contribution in [0.4, 0.5) is 0 Å². The van der Waals surface area contributed by atoms with Crippen LogP contribution >= 0.6 is 11.3 Å². The monoisotopic (exact) mass is 214 g/mol. The molecule has 0 aliphatic carbocycles. The maximum atomic E-state index is 5.20. The van der Waals surface area contributed by atoms with Crippen LogP contribution in [0.15, 0.2) is 5.38 Å². The number of rotatable bonds is 6. The molecule has 0 bridgehead atoms. The van der Waals surface area contributed by atoms with Crippen molar-refractivity contribution in [2.24, 2.45) is 0 Å². The van der Waals surface area contributed by atoms with Gasteiger partial charge in [-0.25, -0.2) is 4.98 Å². The number of nitrogens with zero attached hydrogens (tertiary/aromatic N) is 1. The van der Waals surface area contributed by atoms with Crippen molar-refractivity contribution >= 4 is 11.3 Å². The Hall–Kier alpha value is -0.450. The average molecular weight is 214 g/mol. The van der Waals surface area contributed by atoms with Gasteiger partial charge in [0.1, 0.15) is 11.1 Å². The van der Waals surface area contributed by atoms with Gasteiger partial charge in [0, 0.05) is 19.0 Å². The summed E-state index contributed by atoms with van der Waals surface area (Å²) in [7, 11) is 1.71. The average Bonchev–Trinajstić information content (AvgIpc) is 2.66. The van der Waals surface area contributed by atoms with Crippen molar-refractivity contribution in [2.45, 2.75) is 32.9 Å². The van der Waals surface area contributed by atoms with E-state index in [-0.39, 0.29) is 6.10 Å². The largest absolute Gasteiger partial charge is 0.375 e. The van der Waals surface area contributed by atoms with Crippen molar-refractivity contribution in [2.75, 3.05) is 13.7 Å². The van der Waals surface area contributed by atoms with E-state index in [0.717, 1.165) is 30.2 Å². The van der Waals surface area contributed by atoms with Crippen LogP contribution in [0.2, 0.25) is 0 Å². The number of ether oxygens (including phenoxy) is 1. The lowest BCUT2D eigenvalue weighted by Crippen LogP contribution is -2.14. The van der Waals surface area contributed by atoms with Crippen LogP contribution in [-0.4, -0.2) is 18.6 Å². The second kappa shape index (κ2) is 6.11. The fourth-order valence-electron chi connectivity index (χ4n) is 1.08. The molecule has 0 amide bonds. The highest BCUT2D eigenvalue weighted by Gasteiger charge is 2.08. The zero-order valence-corrected chi connectivity index (χ0v) is 9.86. The van der Waals surface area contributed by atoms with Crippen molar-refractivity contribution in [1.82, 2.24) is 10.3 Å². The molecule has 0 spiro atoms. The van der Waals surface area contributed by atoms with Crippen LogP contribution in [0.1, 0.15) is 37.1 Å². The Morgan fingerprint density at radius 1 is 1.64 bits per heavy atom.